The lowest BCUT2D eigenvalue weighted by molar-refractivity contribution is -0.158. The summed E-state index contributed by atoms with van der Waals surface area (Å²) in [5.74, 6) is -0.814. The van der Waals surface area contributed by atoms with E-state index in [2.05, 4.69) is 5.32 Å². The van der Waals surface area contributed by atoms with Gasteiger partial charge in [-0.15, -0.1) is 0 Å². The molecule has 28 heavy (non-hydrogen) atoms. The van der Waals surface area contributed by atoms with Crippen LogP contribution in [-0.4, -0.2) is 30.4 Å². The maximum absolute atomic E-state index is 12.4. The van der Waals surface area contributed by atoms with Crippen LogP contribution in [0.1, 0.15) is 29.8 Å². The number of ketones is 1. The fraction of sp³-hybridized carbons (Fsp3) is 0.286. The molecule has 1 heterocycles. The van der Waals surface area contributed by atoms with E-state index in [4.69, 9.17) is 21.1 Å². The number of fused-ring (bicyclic) bond motifs is 1. The van der Waals surface area contributed by atoms with E-state index in [0.29, 0.717) is 28.4 Å². The number of rotatable bonds is 5. The van der Waals surface area contributed by atoms with Crippen LogP contribution in [0.2, 0.25) is 5.02 Å². The van der Waals surface area contributed by atoms with Crippen molar-refractivity contribution in [1.29, 1.82) is 0 Å². The number of carbonyl (C=O) groups is 3. The van der Waals surface area contributed by atoms with Gasteiger partial charge in [-0.3, -0.25) is 14.4 Å². The summed E-state index contributed by atoms with van der Waals surface area (Å²) in [7, 11) is 0. The molecule has 6 nitrogen and oxygen atoms in total. The molecule has 1 aliphatic heterocycles. The summed E-state index contributed by atoms with van der Waals surface area (Å²) in [6.45, 7) is 3.16. The molecule has 3 rings (SSSR count). The highest BCUT2D eigenvalue weighted by Crippen LogP contribution is 2.30. The number of hydrogen-bond acceptors (Lipinski definition) is 5. The van der Waals surface area contributed by atoms with Crippen molar-refractivity contribution in [3.63, 3.8) is 0 Å². The SMILES string of the molecule is CC(=O)c1ccc(NC(=O)[C@@H](C)OC(=O)[C@H]2COc3ccc(Cl)cc3C2)cc1. The summed E-state index contributed by atoms with van der Waals surface area (Å²) >= 11 is 5.99. The van der Waals surface area contributed by atoms with E-state index in [0.717, 1.165) is 5.56 Å². The fourth-order valence-electron chi connectivity index (χ4n) is 2.87. The molecule has 1 aliphatic rings. The van der Waals surface area contributed by atoms with Crippen molar-refractivity contribution in [2.24, 2.45) is 5.92 Å². The minimum atomic E-state index is -0.972. The molecule has 0 unspecified atom stereocenters. The normalized spacial score (nSPS) is 16.3. The third-order valence-corrected chi connectivity index (χ3v) is 4.72. The Hall–Kier alpha value is -2.86. The lowest BCUT2D eigenvalue weighted by atomic mass is 9.97. The van der Waals surface area contributed by atoms with Gasteiger partial charge < -0.3 is 14.8 Å². The van der Waals surface area contributed by atoms with Gasteiger partial charge in [-0.1, -0.05) is 11.6 Å². The van der Waals surface area contributed by atoms with E-state index in [1.54, 1.807) is 42.5 Å². The van der Waals surface area contributed by atoms with Crippen LogP contribution in [0.15, 0.2) is 42.5 Å². The van der Waals surface area contributed by atoms with Gasteiger partial charge in [-0.2, -0.15) is 0 Å². The first-order valence-electron chi connectivity index (χ1n) is 8.87. The van der Waals surface area contributed by atoms with Crippen LogP contribution >= 0.6 is 11.6 Å². The Bertz CT molecular complexity index is 910. The molecule has 1 N–H and O–H groups in total. The summed E-state index contributed by atoms with van der Waals surface area (Å²) in [6.07, 6.45) is -0.531. The third kappa shape index (κ3) is 4.70. The molecule has 0 aliphatic carbocycles. The van der Waals surface area contributed by atoms with Crippen molar-refractivity contribution >= 4 is 34.9 Å². The molecule has 0 aromatic heterocycles. The van der Waals surface area contributed by atoms with Gasteiger partial charge in [0.2, 0.25) is 0 Å². The number of halogens is 1. The molecule has 146 valence electrons. The summed E-state index contributed by atoms with van der Waals surface area (Å²) in [5, 5.41) is 3.23. The number of anilines is 1. The summed E-state index contributed by atoms with van der Waals surface area (Å²) in [5.41, 5.74) is 1.90. The lowest BCUT2D eigenvalue weighted by Crippen LogP contribution is -2.36. The number of hydrogen-bond donors (Lipinski definition) is 1. The van der Waals surface area contributed by atoms with E-state index < -0.39 is 23.9 Å². The molecule has 0 bridgehead atoms. The van der Waals surface area contributed by atoms with E-state index >= 15 is 0 Å². The minimum absolute atomic E-state index is 0.0577. The van der Waals surface area contributed by atoms with Crippen molar-refractivity contribution in [1.82, 2.24) is 0 Å². The number of esters is 1. The summed E-state index contributed by atoms with van der Waals surface area (Å²) in [6, 6.07) is 11.8. The molecule has 0 spiro atoms. The molecular weight excluding hydrogens is 382 g/mol. The molecule has 0 fully saturated rings. The fourth-order valence-corrected chi connectivity index (χ4v) is 3.07. The molecule has 7 heteroatoms. The first kappa shape index (κ1) is 19.9. The quantitative estimate of drug-likeness (QED) is 0.610. The van der Waals surface area contributed by atoms with E-state index in [1.807, 2.05) is 0 Å². The maximum atomic E-state index is 12.4. The van der Waals surface area contributed by atoms with Crippen molar-refractivity contribution in [3.05, 3.63) is 58.6 Å². The molecular formula is C21H20ClNO5. The van der Waals surface area contributed by atoms with Crippen molar-refractivity contribution < 1.29 is 23.9 Å². The topological polar surface area (TPSA) is 81.7 Å². The number of benzene rings is 2. The Morgan fingerprint density at radius 1 is 1.18 bits per heavy atom. The molecule has 0 radical (unpaired) electrons. The molecule has 0 saturated heterocycles. The zero-order valence-corrected chi connectivity index (χ0v) is 16.3. The predicted molar refractivity (Wildman–Crippen MR) is 105 cm³/mol. The Morgan fingerprint density at radius 3 is 2.57 bits per heavy atom. The Balaban J connectivity index is 1.56. The van der Waals surface area contributed by atoms with Crippen LogP contribution in [0.3, 0.4) is 0 Å². The second kappa shape index (κ2) is 8.44. The zero-order chi connectivity index (χ0) is 20.3. The Morgan fingerprint density at radius 2 is 1.89 bits per heavy atom. The predicted octanol–water partition coefficient (Wildman–Crippen LogP) is 3.66. The van der Waals surface area contributed by atoms with Crippen molar-refractivity contribution in [2.45, 2.75) is 26.4 Å². The monoisotopic (exact) mass is 401 g/mol. The van der Waals surface area contributed by atoms with Crippen LogP contribution in [-0.2, 0) is 20.7 Å². The van der Waals surface area contributed by atoms with Crippen LogP contribution in [0.25, 0.3) is 0 Å². The smallest absolute Gasteiger partial charge is 0.313 e. The largest absolute Gasteiger partial charge is 0.492 e. The van der Waals surface area contributed by atoms with Gasteiger partial charge in [0, 0.05) is 16.3 Å². The van der Waals surface area contributed by atoms with Crippen LogP contribution < -0.4 is 10.1 Å². The summed E-state index contributed by atoms with van der Waals surface area (Å²) in [4.78, 5) is 36.0. The first-order chi connectivity index (χ1) is 13.3. The third-order valence-electron chi connectivity index (χ3n) is 4.48. The number of Topliss-reactive ketones (excluding diaryl/α,β-unsaturated/α-hetero) is 1. The van der Waals surface area contributed by atoms with Gasteiger partial charge in [-0.05, 0) is 68.3 Å². The highest BCUT2D eigenvalue weighted by atomic mass is 35.5. The number of amides is 1. The van der Waals surface area contributed by atoms with E-state index in [-0.39, 0.29) is 12.4 Å². The maximum Gasteiger partial charge on any atom is 0.313 e. The van der Waals surface area contributed by atoms with Gasteiger partial charge in [0.1, 0.15) is 12.4 Å². The van der Waals surface area contributed by atoms with Gasteiger partial charge in [0.15, 0.2) is 11.9 Å². The Kier molecular flexibility index (Phi) is 5.99. The van der Waals surface area contributed by atoms with Gasteiger partial charge in [0.25, 0.3) is 5.91 Å². The van der Waals surface area contributed by atoms with Crippen LogP contribution in [0.4, 0.5) is 5.69 Å². The summed E-state index contributed by atoms with van der Waals surface area (Å²) < 4.78 is 10.9. The van der Waals surface area contributed by atoms with Crippen LogP contribution in [0.5, 0.6) is 5.75 Å². The molecule has 0 saturated carbocycles. The highest BCUT2D eigenvalue weighted by Gasteiger charge is 2.30. The van der Waals surface area contributed by atoms with Gasteiger partial charge >= 0.3 is 5.97 Å². The molecule has 1 amide bonds. The standard InChI is InChI=1S/C21H20ClNO5/c1-12(24)14-3-6-18(7-4-14)23-20(25)13(2)28-21(26)16-9-15-10-17(22)5-8-19(15)27-11-16/h3-8,10,13,16H,9,11H2,1-2H3,(H,23,25)/t13-,16-/m1/s1. The van der Waals surface area contributed by atoms with Crippen LogP contribution in [0, 0.1) is 5.92 Å². The minimum Gasteiger partial charge on any atom is -0.492 e. The average Bonchev–Trinajstić information content (AvgIpc) is 2.67. The lowest BCUT2D eigenvalue weighted by Gasteiger charge is -2.25. The van der Waals surface area contributed by atoms with E-state index in [1.165, 1.54) is 13.8 Å². The first-order valence-corrected chi connectivity index (χ1v) is 9.25. The van der Waals surface area contributed by atoms with E-state index in [9.17, 15) is 14.4 Å². The molecule has 2 atom stereocenters. The number of nitrogens with one attached hydrogen (secondary N) is 1. The Labute approximate surface area is 167 Å². The van der Waals surface area contributed by atoms with Gasteiger partial charge in [0.05, 0.1) is 5.92 Å². The second-order valence-electron chi connectivity index (χ2n) is 6.67. The zero-order valence-electron chi connectivity index (χ0n) is 15.5. The number of ether oxygens (including phenoxy) is 2. The van der Waals surface area contributed by atoms with Gasteiger partial charge in [-0.25, -0.2) is 0 Å². The van der Waals surface area contributed by atoms with Crippen molar-refractivity contribution in [3.8, 4) is 5.75 Å². The average molecular weight is 402 g/mol. The molecule has 2 aromatic rings. The van der Waals surface area contributed by atoms with Crippen molar-refractivity contribution in [2.75, 3.05) is 11.9 Å². The highest BCUT2D eigenvalue weighted by molar-refractivity contribution is 6.30. The second-order valence-corrected chi connectivity index (χ2v) is 7.10. The molecule has 2 aromatic carbocycles. The number of carbonyl (C=O) groups excluding carboxylic acids is 3.